The summed E-state index contributed by atoms with van der Waals surface area (Å²) in [4.78, 5) is 0. The predicted molar refractivity (Wildman–Crippen MR) is 63.4 cm³/mol. The van der Waals surface area contributed by atoms with Crippen LogP contribution in [0.4, 0.5) is 0 Å². The Bertz CT molecular complexity index is 450. The molecular weight excluding hydrogens is 268 g/mol. The molecule has 1 aromatic heterocycles. The molecule has 0 aliphatic rings. The summed E-state index contributed by atoms with van der Waals surface area (Å²) in [5.74, 6) is 0.317. The molecule has 1 aromatic carbocycles. The topological polar surface area (TPSA) is 20.2 Å². The fourth-order valence-corrected chi connectivity index (χ4v) is 3.06. The zero-order valence-corrected chi connectivity index (χ0v) is 9.92. The lowest BCUT2D eigenvalue weighted by molar-refractivity contribution is 0.476. The summed E-state index contributed by atoms with van der Waals surface area (Å²) in [6, 6.07) is 5.57. The SMILES string of the molecule is Oc1cc(CBr)c2cc(S)sc2c1. The fourth-order valence-electron chi connectivity index (χ4n) is 1.29. The molecule has 0 saturated carbocycles. The Hall–Kier alpha value is -0.190. The lowest BCUT2D eigenvalue weighted by Gasteiger charge is -1.99. The summed E-state index contributed by atoms with van der Waals surface area (Å²) in [7, 11) is 0. The minimum atomic E-state index is 0.317. The van der Waals surface area contributed by atoms with E-state index in [0.29, 0.717) is 5.75 Å². The lowest BCUT2D eigenvalue weighted by atomic mass is 10.1. The molecule has 0 atom stereocenters. The van der Waals surface area contributed by atoms with Gasteiger partial charge in [0.25, 0.3) is 0 Å². The molecule has 4 heteroatoms. The van der Waals surface area contributed by atoms with Gasteiger partial charge in [-0.15, -0.1) is 24.0 Å². The normalized spacial score (nSPS) is 10.9. The van der Waals surface area contributed by atoms with Crippen LogP contribution in [0, 0.1) is 0 Å². The van der Waals surface area contributed by atoms with Crippen LogP contribution in [0.2, 0.25) is 0 Å². The van der Waals surface area contributed by atoms with Crippen LogP contribution < -0.4 is 0 Å². The number of phenolic OH excluding ortho intramolecular Hbond substituents is 1. The van der Waals surface area contributed by atoms with Gasteiger partial charge in [-0.2, -0.15) is 0 Å². The van der Waals surface area contributed by atoms with Gasteiger partial charge in [-0.25, -0.2) is 0 Å². The van der Waals surface area contributed by atoms with Gasteiger partial charge in [0.05, 0.1) is 4.21 Å². The minimum Gasteiger partial charge on any atom is -0.508 e. The zero-order valence-electron chi connectivity index (χ0n) is 6.62. The first-order valence-corrected chi connectivity index (χ1v) is 6.09. The lowest BCUT2D eigenvalue weighted by Crippen LogP contribution is -1.77. The van der Waals surface area contributed by atoms with Crippen LogP contribution >= 0.6 is 39.9 Å². The van der Waals surface area contributed by atoms with Gasteiger partial charge in [0.15, 0.2) is 0 Å². The van der Waals surface area contributed by atoms with Crippen molar-refractivity contribution in [3.63, 3.8) is 0 Å². The standard InChI is InChI=1S/C9H7BrOS2/c10-4-5-1-6(11)2-8-7(5)3-9(12)13-8/h1-3,11-12H,4H2. The van der Waals surface area contributed by atoms with Gasteiger partial charge in [0, 0.05) is 10.0 Å². The van der Waals surface area contributed by atoms with Crippen molar-refractivity contribution in [3.05, 3.63) is 23.8 Å². The smallest absolute Gasteiger partial charge is 0.117 e. The van der Waals surface area contributed by atoms with Gasteiger partial charge in [-0.05, 0) is 29.1 Å². The fraction of sp³-hybridized carbons (Fsp3) is 0.111. The molecule has 1 nitrogen and oxygen atoms in total. The molecular formula is C9H7BrOS2. The predicted octanol–water partition coefficient (Wildman–Crippen LogP) is 3.79. The van der Waals surface area contributed by atoms with E-state index in [-0.39, 0.29) is 0 Å². The molecule has 2 aromatic rings. The number of phenols is 1. The van der Waals surface area contributed by atoms with Crippen LogP contribution in [0.3, 0.4) is 0 Å². The number of aromatic hydroxyl groups is 1. The van der Waals surface area contributed by atoms with Gasteiger partial charge in [-0.3, -0.25) is 0 Å². The van der Waals surface area contributed by atoms with Gasteiger partial charge in [0.2, 0.25) is 0 Å². The van der Waals surface area contributed by atoms with E-state index in [1.165, 1.54) is 5.39 Å². The summed E-state index contributed by atoms with van der Waals surface area (Å²) in [6.07, 6.45) is 0. The van der Waals surface area contributed by atoms with Gasteiger partial charge in [0.1, 0.15) is 5.75 Å². The third-order valence-corrected chi connectivity index (χ3v) is 3.73. The van der Waals surface area contributed by atoms with E-state index in [0.717, 1.165) is 19.8 Å². The number of benzene rings is 1. The monoisotopic (exact) mass is 274 g/mol. The molecule has 0 aliphatic heterocycles. The second-order valence-electron chi connectivity index (χ2n) is 2.73. The van der Waals surface area contributed by atoms with E-state index in [9.17, 15) is 5.11 Å². The van der Waals surface area contributed by atoms with Crippen molar-refractivity contribution in [3.8, 4) is 5.75 Å². The van der Waals surface area contributed by atoms with E-state index < -0.39 is 0 Å². The highest BCUT2D eigenvalue weighted by molar-refractivity contribution is 9.08. The molecule has 2 rings (SSSR count). The molecule has 0 unspecified atom stereocenters. The molecule has 1 heterocycles. The van der Waals surface area contributed by atoms with Gasteiger partial charge >= 0.3 is 0 Å². The van der Waals surface area contributed by atoms with Crippen molar-refractivity contribution < 1.29 is 5.11 Å². The highest BCUT2D eigenvalue weighted by Gasteiger charge is 2.05. The summed E-state index contributed by atoms with van der Waals surface area (Å²) >= 11 is 9.25. The van der Waals surface area contributed by atoms with Crippen LogP contribution in [0.15, 0.2) is 22.4 Å². The quantitative estimate of drug-likeness (QED) is 0.599. The van der Waals surface area contributed by atoms with Crippen LogP contribution in [0.5, 0.6) is 5.75 Å². The zero-order chi connectivity index (χ0) is 9.42. The first-order valence-electron chi connectivity index (χ1n) is 3.71. The van der Waals surface area contributed by atoms with Crippen molar-refractivity contribution in [2.45, 2.75) is 9.54 Å². The van der Waals surface area contributed by atoms with Crippen molar-refractivity contribution in [1.29, 1.82) is 0 Å². The van der Waals surface area contributed by atoms with Gasteiger partial charge in [-0.1, -0.05) is 15.9 Å². The molecule has 0 fully saturated rings. The molecule has 0 saturated heterocycles. The maximum absolute atomic E-state index is 9.41. The maximum Gasteiger partial charge on any atom is 0.117 e. The summed E-state index contributed by atoms with van der Waals surface area (Å²) in [5.41, 5.74) is 1.10. The highest BCUT2D eigenvalue weighted by atomic mass is 79.9. The molecule has 1 N–H and O–H groups in total. The summed E-state index contributed by atoms with van der Waals surface area (Å²) in [6.45, 7) is 0. The third-order valence-electron chi connectivity index (χ3n) is 1.84. The Morgan fingerprint density at radius 1 is 1.38 bits per heavy atom. The van der Waals surface area contributed by atoms with Crippen molar-refractivity contribution in [2.24, 2.45) is 0 Å². The number of thiophene rings is 1. The first-order chi connectivity index (χ1) is 6.20. The second-order valence-corrected chi connectivity index (χ2v) is 5.16. The van der Waals surface area contributed by atoms with Crippen molar-refractivity contribution in [2.75, 3.05) is 0 Å². The molecule has 0 spiro atoms. The average molecular weight is 275 g/mol. The summed E-state index contributed by atoms with van der Waals surface area (Å²) in [5, 5.41) is 11.3. The Balaban J connectivity index is 2.80. The molecule has 0 amide bonds. The molecule has 13 heavy (non-hydrogen) atoms. The molecule has 0 bridgehead atoms. The first kappa shape index (κ1) is 9.37. The Morgan fingerprint density at radius 3 is 2.85 bits per heavy atom. The van der Waals surface area contributed by atoms with Crippen LogP contribution in [-0.4, -0.2) is 5.11 Å². The van der Waals surface area contributed by atoms with E-state index in [4.69, 9.17) is 0 Å². The van der Waals surface area contributed by atoms with Crippen molar-refractivity contribution in [1.82, 2.24) is 0 Å². The van der Waals surface area contributed by atoms with E-state index in [1.54, 1.807) is 23.5 Å². The largest absolute Gasteiger partial charge is 0.508 e. The van der Waals surface area contributed by atoms with E-state index in [1.807, 2.05) is 6.07 Å². The number of hydrogen-bond donors (Lipinski definition) is 2. The maximum atomic E-state index is 9.41. The average Bonchev–Trinajstić information content (AvgIpc) is 2.43. The molecule has 0 aliphatic carbocycles. The van der Waals surface area contributed by atoms with Crippen LogP contribution in [-0.2, 0) is 5.33 Å². The van der Waals surface area contributed by atoms with Crippen LogP contribution in [0.25, 0.3) is 10.1 Å². The number of rotatable bonds is 1. The van der Waals surface area contributed by atoms with Crippen molar-refractivity contribution >= 4 is 50.0 Å². The molecule has 0 radical (unpaired) electrons. The molecule has 68 valence electrons. The highest BCUT2D eigenvalue weighted by Crippen LogP contribution is 2.34. The second kappa shape index (κ2) is 3.52. The Morgan fingerprint density at radius 2 is 2.15 bits per heavy atom. The number of hydrogen-bond acceptors (Lipinski definition) is 3. The Labute approximate surface area is 93.9 Å². The number of thiol groups is 1. The van der Waals surface area contributed by atoms with E-state index >= 15 is 0 Å². The minimum absolute atomic E-state index is 0.317. The number of alkyl halides is 1. The van der Waals surface area contributed by atoms with Crippen LogP contribution in [0.1, 0.15) is 5.56 Å². The van der Waals surface area contributed by atoms with Gasteiger partial charge < -0.3 is 5.11 Å². The van der Waals surface area contributed by atoms with E-state index in [2.05, 4.69) is 28.6 Å². The number of fused-ring (bicyclic) bond motifs is 1. The number of halogens is 1. The summed E-state index contributed by atoms with van der Waals surface area (Å²) < 4.78 is 2.06. The Kier molecular flexibility index (Phi) is 2.53. The third kappa shape index (κ3) is 1.71.